The van der Waals surface area contributed by atoms with Crippen molar-refractivity contribution >= 4 is 11.6 Å². The van der Waals surface area contributed by atoms with E-state index in [1.165, 1.54) is 0 Å². The zero-order valence-corrected chi connectivity index (χ0v) is 12.7. The first-order valence-corrected chi connectivity index (χ1v) is 7.60. The summed E-state index contributed by atoms with van der Waals surface area (Å²) in [5, 5.41) is 29.5. The molecule has 0 N–H and O–H groups in total. The molecule has 2 aliphatic rings. The van der Waals surface area contributed by atoms with Crippen molar-refractivity contribution in [1.82, 2.24) is 0 Å². The SMILES string of the molecule is N#CC1=Cc2ccccc2[C@H]2C(C#N)=C(c3ccccc3)[C@@]12C#N. The molecule has 0 amide bonds. The van der Waals surface area contributed by atoms with Crippen LogP contribution in [-0.4, -0.2) is 0 Å². The van der Waals surface area contributed by atoms with Gasteiger partial charge in [-0.2, -0.15) is 15.8 Å². The van der Waals surface area contributed by atoms with E-state index in [-0.39, 0.29) is 5.92 Å². The van der Waals surface area contributed by atoms with Gasteiger partial charge in [0.1, 0.15) is 5.41 Å². The maximum Gasteiger partial charge on any atom is 0.130 e. The molecule has 3 heteroatoms. The molecule has 0 radical (unpaired) electrons. The van der Waals surface area contributed by atoms with Crippen LogP contribution in [0.25, 0.3) is 11.6 Å². The Morgan fingerprint density at radius 3 is 2.21 bits per heavy atom. The molecular weight excluding hydrogens is 294 g/mol. The lowest BCUT2D eigenvalue weighted by molar-refractivity contribution is 0.494. The third-order valence-electron chi connectivity index (χ3n) is 4.90. The maximum atomic E-state index is 10.1. The molecule has 0 bridgehead atoms. The second kappa shape index (κ2) is 4.95. The summed E-state index contributed by atoms with van der Waals surface area (Å²) in [4.78, 5) is 0. The van der Waals surface area contributed by atoms with Gasteiger partial charge in [-0.3, -0.25) is 0 Å². The second-order valence-electron chi connectivity index (χ2n) is 5.92. The Morgan fingerprint density at radius 2 is 1.54 bits per heavy atom. The van der Waals surface area contributed by atoms with Gasteiger partial charge in [0.05, 0.1) is 23.8 Å². The van der Waals surface area contributed by atoms with Crippen molar-refractivity contribution in [3.05, 3.63) is 82.4 Å². The number of hydrogen-bond donors (Lipinski definition) is 0. The van der Waals surface area contributed by atoms with Crippen molar-refractivity contribution in [2.45, 2.75) is 5.92 Å². The summed E-state index contributed by atoms with van der Waals surface area (Å²) in [5.41, 5.74) is 3.25. The molecule has 110 valence electrons. The molecule has 0 unspecified atom stereocenters. The first-order valence-electron chi connectivity index (χ1n) is 7.60. The zero-order chi connectivity index (χ0) is 16.7. The van der Waals surface area contributed by atoms with Gasteiger partial charge in [-0.05, 0) is 22.8 Å². The van der Waals surface area contributed by atoms with E-state index in [1.807, 2.05) is 54.6 Å². The summed E-state index contributed by atoms with van der Waals surface area (Å²) >= 11 is 0. The lowest BCUT2D eigenvalue weighted by Gasteiger charge is -2.48. The van der Waals surface area contributed by atoms with Crippen LogP contribution < -0.4 is 0 Å². The molecule has 0 fully saturated rings. The Morgan fingerprint density at radius 1 is 0.833 bits per heavy atom. The standard InChI is InChI=1S/C21H11N3/c22-11-16-10-15-8-4-5-9-17(15)20-18(12-23)19(21(16,20)13-24)14-6-2-1-3-7-14/h1-10,20H/t20-,21+/m0/s1. The van der Waals surface area contributed by atoms with Gasteiger partial charge in [0.2, 0.25) is 0 Å². The summed E-state index contributed by atoms with van der Waals surface area (Å²) in [7, 11) is 0. The molecule has 0 heterocycles. The van der Waals surface area contributed by atoms with Crippen LogP contribution in [0.1, 0.15) is 22.6 Å². The largest absolute Gasteiger partial charge is 0.197 e. The third kappa shape index (κ3) is 1.52. The highest BCUT2D eigenvalue weighted by molar-refractivity contribution is 5.95. The summed E-state index contributed by atoms with van der Waals surface area (Å²) in [6, 6.07) is 23.9. The number of nitriles is 3. The van der Waals surface area contributed by atoms with Gasteiger partial charge in [-0.1, -0.05) is 54.6 Å². The van der Waals surface area contributed by atoms with Gasteiger partial charge >= 0.3 is 0 Å². The number of fused-ring (bicyclic) bond motifs is 3. The fourth-order valence-corrected chi connectivity index (χ4v) is 3.90. The zero-order valence-electron chi connectivity index (χ0n) is 12.7. The molecule has 0 spiro atoms. The fourth-order valence-electron chi connectivity index (χ4n) is 3.90. The molecule has 3 nitrogen and oxygen atoms in total. The molecule has 2 aromatic rings. The molecular formula is C21H11N3. The van der Waals surface area contributed by atoms with Crippen molar-refractivity contribution in [2.75, 3.05) is 0 Å². The van der Waals surface area contributed by atoms with Crippen LogP contribution in [-0.2, 0) is 0 Å². The quantitative estimate of drug-likeness (QED) is 0.793. The second-order valence-corrected chi connectivity index (χ2v) is 5.92. The molecule has 0 aromatic heterocycles. The summed E-state index contributed by atoms with van der Waals surface area (Å²) < 4.78 is 0. The number of benzene rings is 2. The van der Waals surface area contributed by atoms with E-state index in [0.29, 0.717) is 16.7 Å². The normalized spacial score (nSPS) is 23.5. The lowest BCUT2D eigenvalue weighted by Crippen LogP contribution is -2.43. The minimum absolute atomic E-state index is 0.376. The minimum Gasteiger partial charge on any atom is -0.197 e. The Balaban J connectivity index is 2.09. The number of nitrogens with zero attached hydrogens (tertiary/aromatic N) is 3. The van der Waals surface area contributed by atoms with Crippen LogP contribution in [0.4, 0.5) is 0 Å². The van der Waals surface area contributed by atoms with Crippen molar-refractivity contribution in [3.8, 4) is 18.2 Å². The van der Waals surface area contributed by atoms with Crippen molar-refractivity contribution < 1.29 is 0 Å². The minimum atomic E-state index is -1.07. The van der Waals surface area contributed by atoms with Crippen LogP contribution in [0, 0.1) is 39.4 Å². The van der Waals surface area contributed by atoms with Gasteiger partial charge in [0, 0.05) is 17.1 Å². The van der Waals surface area contributed by atoms with E-state index in [0.717, 1.165) is 16.7 Å². The van der Waals surface area contributed by atoms with Crippen molar-refractivity contribution in [2.24, 2.45) is 5.41 Å². The highest BCUT2D eigenvalue weighted by atomic mass is 14.6. The summed E-state index contributed by atoms with van der Waals surface area (Å²) in [6.07, 6.45) is 1.78. The van der Waals surface area contributed by atoms with E-state index in [9.17, 15) is 15.8 Å². The smallest absolute Gasteiger partial charge is 0.130 e. The molecule has 24 heavy (non-hydrogen) atoms. The van der Waals surface area contributed by atoms with Gasteiger partial charge in [0.15, 0.2) is 0 Å². The molecule has 2 aliphatic carbocycles. The van der Waals surface area contributed by atoms with E-state index in [1.54, 1.807) is 6.08 Å². The molecule has 2 atom stereocenters. The van der Waals surface area contributed by atoms with Crippen molar-refractivity contribution in [3.63, 3.8) is 0 Å². The highest BCUT2D eigenvalue weighted by Gasteiger charge is 2.60. The first-order chi connectivity index (χ1) is 11.8. The Bertz CT molecular complexity index is 1040. The summed E-state index contributed by atoms with van der Waals surface area (Å²) in [5.74, 6) is -0.376. The number of hydrogen-bond acceptors (Lipinski definition) is 3. The van der Waals surface area contributed by atoms with Gasteiger partial charge in [-0.25, -0.2) is 0 Å². The average Bonchev–Trinajstić information content (AvgIpc) is 2.62. The Kier molecular flexibility index (Phi) is 2.89. The first kappa shape index (κ1) is 14.0. The predicted octanol–water partition coefficient (Wildman–Crippen LogP) is 4.19. The molecule has 4 rings (SSSR count). The average molecular weight is 305 g/mol. The van der Waals surface area contributed by atoms with E-state index in [4.69, 9.17) is 0 Å². The van der Waals surface area contributed by atoms with Crippen molar-refractivity contribution in [1.29, 1.82) is 15.8 Å². The van der Waals surface area contributed by atoms with Gasteiger partial charge in [0.25, 0.3) is 0 Å². The van der Waals surface area contributed by atoms with E-state index < -0.39 is 5.41 Å². The van der Waals surface area contributed by atoms with Crippen LogP contribution in [0.5, 0.6) is 0 Å². The Labute approximate surface area is 140 Å². The predicted molar refractivity (Wildman–Crippen MR) is 89.8 cm³/mol. The van der Waals surface area contributed by atoms with Gasteiger partial charge in [-0.15, -0.1) is 0 Å². The third-order valence-corrected chi connectivity index (χ3v) is 4.90. The number of rotatable bonds is 1. The van der Waals surface area contributed by atoms with Gasteiger partial charge < -0.3 is 0 Å². The number of allylic oxidation sites excluding steroid dienone is 3. The van der Waals surface area contributed by atoms with Crippen LogP contribution in [0.15, 0.2) is 65.7 Å². The fraction of sp³-hybridized carbons (Fsp3) is 0.0952. The highest BCUT2D eigenvalue weighted by Crippen LogP contribution is 2.66. The van der Waals surface area contributed by atoms with E-state index >= 15 is 0 Å². The lowest BCUT2D eigenvalue weighted by atomic mass is 9.48. The molecule has 0 aliphatic heterocycles. The Hall–Kier alpha value is -3.61. The van der Waals surface area contributed by atoms with Crippen LogP contribution in [0.2, 0.25) is 0 Å². The molecule has 0 saturated heterocycles. The molecule has 0 saturated carbocycles. The van der Waals surface area contributed by atoms with Crippen LogP contribution in [0.3, 0.4) is 0 Å². The van der Waals surface area contributed by atoms with E-state index in [2.05, 4.69) is 18.2 Å². The maximum absolute atomic E-state index is 10.1. The summed E-state index contributed by atoms with van der Waals surface area (Å²) in [6.45, 7) is 0. The topological polar surface area (TPSA) is 71.4 Å². The molecule has 2 aromatic carbocycles. The van der Waals surface area contributed by atoms with Crippen LogP contribution >= 0.6 is 0 Å². The monoisotopic (exact) mass is 305 g/mol.